The van der Waals surface area contributed by atoms with E-state index in [4.69, 9.17) is 0 Å². The number of benzene rings is 1. The summed E-state index contributed by atoms with van der Waals surface area (Å²) in [4.78, 5) is 3.94. The van der Waals surface area contributed by atoms with Crippen LogP contribution in [-0.2, 0) is 6.54 Å². The maximum atomic E-state index is 4.11. The fourth-order valence-corrected chi connectivity index (χ4v) is 2.07. The number of nitrogens with one attached hydrogen (secondary N) is 1. The van der Waals surface area contributed by atoms with E-state index in [0.29, 0.717) is 6.04 Å². The van der Waals surface area contributed by atoms with E-state index >= 15 is 0 Å². The summed E-state index contributed by atoms with van der Waals surface area (Å²) in [5, 5.41) is 7.63. The van der Waals surface area contributed by atoms with Crippen molar-refractivity contribution in [3.8, 4) is 0 Å². The molecule has 19 heavy (non-hydrogen) atoms. The molecule has 1 unspecified atom stereocenters. The zero-order valence-electron chi connectivity index (χ0n) is 11.7. The zero-order chi connectivity index (χ0) is 13.5. The third kappa shape index (κ3) is 4.39. The van der Waals surface area contributed by atoms with Gasteiger partial charge in [-0.1, -0.05) is 31.9 Å². The summed E-state index contributed by atoms with van der Waals surface area (Å²) >= 11 is 0. The lowest BCUT2D eigenvalue weighted by molar-refractivity contribution is 0.645. The van der Waals surface area contributed by atoms with Crippen molar-refractivity contribution in [2.24, 2.45) is 0 Å². The van der Waals surface area contributed by atoms with Crippen molar-refractivity contribution in [2.45, 2.75) is 45.7 Å². The summed E-state index contributed by atoms with van der Waals surface area (Å²) in [5.74, 6) is 0. The Labute approximate surface area is 114 Å². The van der Waals surface area contributed by atoms with Crippen LogP contribution in [0.4, 0.5) is 5.69 Å². The molecule has 1 heterocycles. The van der Waals surface area contributed by atoms with Crippen molar-refractivity contribution in [3.63, 3.8) is 0 Å². The first-order valence-electron chi connectivity index (χ1n) is 6.96. The Hall–Kier alpha value is -1.84. The number of aromatic nitrogens is 3. The highest BCUT2D eigenvalue weighted by Gasteiger charge is 2.01. The van der Waals surface area contributed by atoms with Gasteiger partial charge in [0.25, 0.3) is 0 Å². The number of hydrogen-bond acceptors (Lipinski definition) is 3. The van der Waals surface area contributed by atoms with E-state index < -0.39 is 0 Å². The van der Waals surface area contributed by atoms with Gasteiger partial charge in [-0.3, -0.25) is 0 Å². The van der Waals surface area contributed by atoms with Gasteiger partial charge in [0, 0.05) is 11.7 Å². The minimum atomic E-state index is 0.529. The van der Waals surface area contributed by atoms with Crippen molar-refractivity contribution in [1.29, 1.82) is 0 Å². The third-order valence-corrected chi connectivity index (χ3v) is 3.17. The number of hydrogen-bond donors (Lipinski definition) is 1. The van der Waals surface area contributed by atoms with Crippen LogP contribution in [0.1, 0.15) is 38.7 Å². The normalized spacial score (nSPS) is 12.3. The van der Waals surface area contributed by atoms with E-state index in [-0.39, 0.29) is 0 Å². The van der Waals surface area contributed by atoms with E-state index in [2.05, 4.69) is 53.5 Å². The second-order valence-corrected chi connectivity index (χ2v) is 4.98. The van der Waals surface area contributed by atoms with Crippen molar-refractivity contribution in [3.05, 3.63) is 42.5 Å². The lowest BCUT2D eigenvalue weighted by Crippen LogP contribution is -2.14. The van der Waals surface area contributed by atoms with Gasteiger partial charge in [-0.15, -0.1) is 0 Å². The molecule has 1 aromatic carbocycles. The van der Waals surface area contributed by atoms with Crippen molar-refractivity contribution >= 4 is 5.69 Å². The predicted octanol–water partition coefficient (Wildman–Crippen LogP) is 3.32. The summed E-state index contributed by atoms with van der Waals surface area (Å²) in [7, 11) is 0. The minimum Gasteiger partial charge on any atom is -0.383 e. The van der Waals surface area contributed by atoms with Crippen molar-refractivity contribution in [2.75, 3.05) is 5.32 Å². The fourth-order valence-electron chi connectivity index (χ4n) is 2.07. The van der Waals surface area contributed by atoms with Crippen LogP contribution >= 0.6 is 0 Å². The Balaban J connectivity index is 1.87. The lowest BCUT2D eigenvalue weighted by atomic mass is 10.1. The average Bonchev–Trinajstić information content (AvgIpc) is 2.91. The van der Waals surface area contributed by atoms with Crippen LogP contribution in [0.5, 0.6) is 0 Å². The third-order valence-electron chi connectivity index (χ3n) is 3.17. The molecule has 1 atom stereocenters. The molecule has 0 radical (unpaired) electrons. The molecule has 0 aliphatic heterocycles. The van der Waals surface area contributed by atoms with Gasteiger partial charge in [-0.2, -0.15) is 5.10 Å². The molecule has 2 aromatic rings. The SMILES string of the molecule is CCCCC(C)Nc1ccc(Cn2cncn2)cc1. The quantitative estimate of drug-likeness (QED) is 0.828. The highest BCUT2D eigenvalue weighted by atomic mass is 15.3. The van der Waals surface area contributed by atoms with E-state index in [9.17, 15) is 0 Å². The summed E-state index contributed by atoms with van der Waals surface area (Å²) in [6, 6.07) is 9.07. The number of nitrogens with zero attached hydrogens (tertiary/aromatic N) is 3. The summed E-state index contributed by atoms with van der Waals surface area (Å²) in [5.41, 5.74) is 2.42. The number of anilines is 1. The maximum Gasteiger partial charge on any atom is 0.137 e. The Bertz CT molecular complexity index is 461. The van der Waals surface area contributed by atoms with Gasteiger partial charge < -0.3 is 5.32 Å². The fraction of sp³-hybridized carbons (Fsp3) is 0.467. The van der Waals surface area contributed by atoms with Gasteiger partial charge in [0.05, 0.1) is 6.54 Å². The van der Waals surface area contributed by atoms with E-state index in [0.717, 1.165) is 6.54 Å². The predicted molar refractivity (Wildman–Crippen MR) is 78.2 cm³/mol. The highest BCUT2D eigenvalue weighted by molar-refractivity contribution is 5.45. The van der Waals surface area contributed by atoms with Gasteiger partial charge in [0.2, 0.25) is 0 Å². The van der Waals surface area contributed by atoms with Gasteiger partial charge in [0.1, 0.15) is 12.7 Å². The van der Waals surface area contributed by atoms with Crippen LogP contribution in [0.2, 0.25) is 0 Å². The van der Waals surface area contributed by atoms with E-state index in [1.165, 1.54) is 30.5 Å². The molecule has 0 aliphatic rings. The zero-order valence-corrected chi connectivity index (χ0v) is 11.7. The highest BCUT2D eigenvalue weighted by Crippen LogP contribution is 2.13. The first-order chi connectivity index (χ1) is 9.28. The second kappa shape index (κ2) is 6.92. The average molecular weight is 258 g/mol. The standard InChI is InChI=1S/C15H22N4/c1-3-4-5-13(2)18-15-8-6-14(7-9-15)10-19-12-16-11-17-19/h6-9,11-13,18H,3-5,10H2,1-2H3. The molecule has 1 aromatic heterocycles. The van der Waals surface area contributed by atoms with Crippen LogP contribution in [0.25, 0.3) is 0 Å². The van der Waals surface area contributed by atoms with Crippen LogP contribution < -0.4 is 5.32 Å². The second-order valence-electron chi connectivity index (χ2n) is 4.98. The first-order valence-corrected chi connectivity index (χ1v) is 6.96. The molecule has 0 fully saturated rings. The molecule has 0 amide bonds. The van der Waals surface area contributed by atoms with Gasteiger partial charge in [-0.25, -0.2) is 9.67 Å². The van der Waals surface area contributed by atoms with Crippen molar-refractivity contribution < 1.29 is 0 Å². The van der Waals surface area contributed by atoms with Crippen LogP contribution in [0, 0.1) is 0 Å². The Morgan fingerprint density at radius 2 is 2.05 bits per heavy atom. The maximum absolute atomic E-state index is 4.11. The molecular formula is C15H22N4. The molecule has 4 heteroatoms. The molecule has 0 bridgehead atoms. The topological polar surface area (TPSA) is 42.7 Å². The number of rotatable bonds is 7. The van der Waals surface area contributed by atoms with Crippen LogP contribution in [0.15, 0.2) is 36.9 Å². The molecular weight excluding hydrogens is 236 g/mol. The van der Waals surface area contributed by atoms with Gasteiger partial charge in [-0.05, 0) is 31.0 Å². The Morgan fingerprint density at radius 3 is 2.68 bits per heavy atom. The molecule has 2 rings (SSSR count). The van der Waals surface area contributed by atoms with E-state index in [1.807, 2.05) is 4.68 Å². The number of unbranched alkanes of at least 4 members (excludes halogenated alkanes) is 1. The summed E-state index contributed by atoms with van der Waals surface area (Å²) in [6.45, 7) is 5.23. The van der Waals surface area contributed by atoms with Crippen LogP contribution in [-0.4, -0.2) is 20.8 Å². The summed E-state index contributed by atoms with van der Waals surface area (Å²) in [6.07, 6.45) is 7.04. The molecule has 1 N–H and O–H groups in total. The Kier molecular flexibility index (Phi) is 4.95. The largest absolute Gasteiger partial charge is 0.383 e. The van der Waals surface area contributed by atoms with Gasteiger partial charge in [0.15, 0.2) is 0 Å². The van der Waals surface area contributed by atoms with Crippen LogP contribution in [0.3, 0.4) is 0 Å². The van der Waals surface area contributed by atoms with Crippen molar-refractivity contribution in [1.82, 2.24) is 14.8 Å². The lowest BCUT2D eigenvalue weighted by Gasteiger charge is -2.15. The van der Waals surface area contributed by atoms with E-state index in [1.54, 1.807) is 12.7 Å². The molecule has 4 nitrogen and oxygen atoms in total. The molecule has 0 saturated carbocycles. The summed E-state index contributed by atoms with van der Waals surface area (Å²) < 4.78 is 1.83. The molecule has 0 aliphatic carbocycles. The molecule has 102 valence electrons. The smallest absolute Gasteiger partial charge is 0.137 e. The minimum absolute atomic E-state index is 0.529. The molecule has 0 saturated heterocycles. The van der Waals surface area contributed by atoms with Gasteiger partial charge >= 0.3 is 0 Å². The monoisotopic (exact) mass is 258 g/mol. The first kappa shape index (κ1) is 13.6. The Morgan fingerprint density at radius 1 is 1.26 bits per heavy atom. The molecule has 0 spiro atoms.